The summed E-state index contributed by atoms with van der Waals surface area (Å²) in [6, 6.07) is 1.83. The fraction of sp³-hybridized carbons (Fsp3) is 0.625. The summed E-state index contributed by atoms with van der Waals surface area (Å²) >= 11 is 0. The Morgan fingerprint density at radius 3 is 2.44 bits per heavy atom. The number of rotatable bonds is 0. The van der Waals surface area contributed by atoms with Crippen molar-refractivity contribution in [2.75, 3.05) is 0 Å². The first-order valence-corrected chi connectivity index (χ1v) is 3.33. The molecule has 46 valence electrons. The molecule has 0 N–H and O–H groups in total. The Balaban J connectivity index is 2.36. The quantitative estimate of drug-likeness (QED) is 0.445. The molecule has 0 heterocycles. The minimum absolute atomic E-state index is 0.532. The van der Waals surface area contributed by atoms with Crippen LogP contribution < -0.4 is 0 Å². The first kappa shape index (κ1) is 6.17. The van der Waals surface area contributed by atoms with Crippen LogP contribution in [-0.2, 0) is 0 Å². The molecule has 0 spiro atoms. The normalized spacial score (nSPS) is 18.1. The van der Waals surface area contributed by atoms with E-state index in [9.17, 15) is 0 Å². The van der Waals surface area contributed by atoms with E-state index in [4.69, 9.17) is 5.26 Å². The van der Waals surface area contributed by atoms with Crippen LogP contribution in [0.4, 0.5) is 0 Å². The van der Waals surface area contributed by atoms with Gasteiger partial charge < -0.3 is 0 Å². The van der Waals surface area contributed by atoms with Gasteiger partial charge in [0.2, 0.25) is 0 Å². The Kier molecular flexibility index (Phi) is 2.16. The first-order valence-electron chi connectivity index (χ1n) is 3.33. The largest absolute Gasteiger partial charge is 0.183 e. The highest BCUT2D eigenvalue weighted by molar-refractivity contribution is 5.18. The van der Waals surface area contributed by atoms with Gasteiger partial charge >= 0.3 is 0 Å². The zero-order valence-corrected chi connectivity index (χ0v) is 5.35. The summed E-state index contributed by atoms with van der Waals surface area (Å²) in [7, 11) is 0. The van der Waals surface area contributed by atoms with Crippen LogP contribution in [0.25, 0.3) is 0 Å². The zero-order valence-electron chi connectivity index (χ0n) is 5.35. The summed E-state index contributed by atoms with van der Waals surface area (Å²) in [5, 5.41) is 8.10. The molecular weight excluding hydrogens is 110 g/mol. The third-order valence-electron chi connectivity index (χ3n) is 1.69. The van der Waals surface area contributed by atoms with Crippen molar-refractivity contribution in [3.63, 3.8) is 0 Å². The predicted octanol–water partition coefficient (Wildman–Crippen LogP) is 1.70. The molecule has 1 fully saturated rings. The van der Waals surface area contributed by atoms with Crippen molar-refractivity contribution in [3.05, 3.63) is 0 Å². The lowest BCUT2D eigenvalue weighted by molar-refractivity contribution is 0.712. The summed E-state index contributed by atoms with van der Waals surface area (Å²) in [6.07, 6.45) is 5.00. The van der Waals surface area contributed by atoms with Crippen molar-refractivity contribution < 1.29 is 0 Å². The highest BCUT2D eigenvalue weighted by Crippen LogP contribution is 2.23. The Hall–Kier alpha value is -0.950. The molecular formula is C8H9N. The molecule has 0 amide bonds. The number of nitrogens with zero attached hydrogens (tertiary/aromatic N) is 1. The second-order valence-corrected chi connectivity index (χ2v) is 2.36. The number of nitriles is 1. The van der Waals surface area contributed by atoms with Gasteiger partial charge in [0.05, 0.1) is 0 Å². The SMILES string of the molecule is N#CC#CC1CCCC1. The molecule has 1 aliphatic rings. The molecule has 0 aliphatic heterocycles. The maximum Gasteiger partial charge on any atom is 0.152 e. The molecule has 0 aromatic carbocycles. The van der Waals surface area contributed by atoms with Crippen molar-refractivity contribution in [2.45, 2.75) is 25.7 Å². The van der Waals surface area contributed by atoms with Crippen molar-refractivity contribution >= 4 is 0 Å². The molecule has 1 aliphatic carbocycles. The molecule has 1 saturated carbocycles. The van der Waals surface area contributed by atoms with E-state index in [1.165, 1.54) is 25.7 Å². The molecule has 0 unspecified atom stereocenters. The van der Waals surface area contributed by atoms with Crippen LogP contribution in [0.15, 0.2) is 0 Å². The van der Waals surface area contributed by atoms with E-state index in [1.54, 1.807) is 0 Å². The van der Waals surface area contributed by atoms with Gasteiger partial charge in [0.1, 0.15) is 0 Å². The molecule has 0 aromatic rings. The fourth-order valence-electron chi connectivity index (χ4n) is 1.20. The second kappa shape index (κ2) is 3.15. The molecule has 1 nitrogen and oxygen atoms in total. The minimum atomic E-state index is 0.532. The smallest absolute Gasteiger partial charge is 0.152 e. The molecule has 0 aromatic heterocycles. The highest BCUT2D eigenvalue weighted by Gasteiger charge is 2.10. The maximum atomic E-state index is 8.10. The number of hydrogen-bond acceptors (Lipinski definition) is 1. The van der Waals surface area contributed by atoms with Crippen molar-refractivity contribution in [3.8, 4) is 17.9 Å². The van der Waals surface area contributed by atoms with Gasteiger partial charge in [0.15, 0.2) is 6.07 Å². The highest BCUT2D eigenvalue weighted by atomic mass is 14.2. The third kappa shape index (κ3) is 1.78. The Morgan fingerprint density at radius 2 is 1.89 bits per heavy atom. The Morgan fingerprint density at radius 1 is 1.22 bits per heavy atom. The van der Waals surface area contributed by atoms with E-state index in [2.05, 4.69) is 11.8 Å². The van der Waals surface area contributed by atoms with Crippen molar-refractivity contribution in [1.29, 1.82) is 5.26 Å². The van der Waals surface area contributed by atoms with Crippen LogP contribution in [0.5, 0.6) is 0 Å². The van der Waals surface area contributed by atoms with Crippen LogP contribution in [0.1, 0.15) is 25.7 Å². The van der Waals surface area contributed by atoms with Gasteiger partial charge in [-0.1, -0.05) is 18.8 Å². The van der Waals surface area contributed by atoms with Crippen LogP contribution >= 0.6 is 0 Å². The molecule has 1 rings (SSSR count). The molecule has 0 bridgehead atoms. The maximum absolute atomic E-state index is 8.10. The average Bonchev–Trinajstić information content (AvgIpc) is 2.34. The van der Waals surface area contributed by atoms with Crippen LogP contribution in [-0.4, -0.2) is 0 Å². The van der Waals surface area contributed by atoms with Gasteiger partial charge in [-0.15, -0.1) is 0 Å². The lowest BCUT2D eigenvalue weighted by Gasteiger charge is -1.91. The van der Waals surface area contributed by atoms with E-state index < -0.39 is 0 Å². The summed E-state index contributed by atoms with van der Waals surface area (Å²) in [5.74, 6) is 5.90. The lowest BCUT2D eigenvalue weighted by Crippen LogP contribution is -1.84. The monoisotopic (exact) mass is 119 g/mol. The van der Waals surface area contributed by atoms with Crippen molar-refractivity contribution in [1.82, 2.24) is 0 Å². The number of hydrogen-bond donors (Lipinski definition) is 0. The van der Waals surface area contributed by atoms with E-state index in [0.29, 0.717) is 5.92 Å². The summed E-state index contributed by atoms with van der Waals surface area (Å²) in [5.41, 5.74) is 0. The Bertz CT molecular complexity index is 171. The first-order chi connectivity index (χ1) is 4.43. The fourth-order valence-corrected chi connectivity index (χ4v) is 1.20. The minimum Gasteiger partial charge on any atom is -0.183 e. The third-order valence-corrected chi connectivity index (χ3v) is 1.69. The standard InChI is InChI=1S/C8H9N/c9-7-3-6-8-4-1-2-5-8/h8H,1-2,4-5H2. The summed E-state index contributed by atoms with van der Waals surface area (Å²) in [6.45, 7) is 0. The molecule has 1 heteroatoms. The van der Waals surface area contributed by atoms with Crippen LogP contribution in [0, 0.1) is 29.1 Å². The second-order valence-electron chi connectivity index (χ2n) is 2.36. The van der Waals surface area contributed by atoms with Gasteiger partial charge in [0.25, 0.3) is 0 Å². The van der Waals surface area contributed by atoms with Gasteiger partial charge in [-0.3, -0.25) is 0 Å². The molecule has 0 radical (unpaired) electrons. The Labute approximate surface area is 55.7 Å². The molecule has 0 saturated heterocycles. The van der Waals surface area contributed by atoms with Crippen LogP contribution in [0.3, 0.4) is 0 Å². The van der Waals surface area contributed by atoms with E-state index in [0.717, 1.165) is 0 Å². The van der Waals surface area contributed by atoms with E-state index >= 15 is 0 Å². The van der Waals surface area contributed by atoms with Gasteiger partial charge in [-0.2, -0.15) is 5.26 Å². The summed E-state index contributed by atoms with van der Waals surface area (Å²) in [4.78, 5) is 0. The zero-order chi connectivity index (χ0) is 6.53. The topological polar surface area (TPSA) is 23.8 Å². The molecule has 9 heavy (non-hydrogen) atoms. The van der Waals surface area contributed by atoms with Gasteiger partial charge in [-0.05, 0) is 12.8 Å². The predicted molar refractivity (Wildman–Crippen MR) is 35.3 cm³/mol. The average molecular weight is 119 g/mol. The van der Waals surface area contributed by atoms with Gasteiger partial charge in [-0.25, -0.2) is 0 Å². The van der Waals surface area contributed by atoms with Gasteiger partial charge in [0, 0.05) is 11.8 Å². The lowest BCUT2D eigenvalue weighted by atomic mass is 10.1. The van der Waals surface area contributed by atoms with E-state index in [1.807, 2.05) is 6.07 Å². The summed E-state index contributed by atoms with van der Waals surface area (Å²) < 4.78 is 0. The van der Waals surface area contributed by atoms with Crippen LogP contribution in [0.2, 0.25) is 0 Å². The van der Waals surface area contributed by atoms with E-state index in [-0.39, 0.29) is 0 Å². The van der Waals surface area contributed by atoms with Crippen molar-refractivity contribution in [2.24, 2.45) is 5.92 Å². The molecule has 0 atom stereocenters.